The lowest BCUT2D eigenvalue weighted by molar-refractivity contribution is -0.123. The number of hydrogen-bond donors (Lipinski definition) is 1. The first kappa shape index (κ1) is 19.0. The molecule has 0 saturated carbocycles. The van der Waals surface area contributed by atoms with E-state index in [1.165, 1.54) is 4.90 Å². The second-order valence-electron chi connectivity index (χ2n) is 6.98. The molecule has 0 spiro atoms. The molecule has 0 bridgehead atoms. The molecule has 0 unspecified atom stereocenters. The minimum atomic E-state index is -0.412. The highest BCUT2D eigenvalue weighted by molar-refractivity contribution is 6.32. The SMILES string of the molecule is Cc1cc(C=C2NC(=O)N(Cc3ccccc3)C2=O)c(C)n1-c1ccccc1Cl. The van der Waals surface area contributed by atoms with E-state index >= 15 is 0 Å². The fraction of sp³-hybridized carbons (Fsp3) is 0.130. The van der Waals surface area contributed by atoms with Gasteiger partial charge in [0.1, 0.15) is 5.70 Å². The molecule has 1 aliphatic heterocycles. The normalized spacial score (nSPS) is 15.3. The molecule has 2 aromatic carbocycles. The van der Waals surface area contributed by atoms with Gasteiger partial charge in [-0.25, -0.2) is 4.79 Å². The molecule has 3 amide bonds. The zero-order chi connectivity index (χ0) is 20.5. The van der Waals surface area contributed by atoms with E-state index in [-0.39, 0.29) is 18.1 Å². The molecule has 4 rings (SSSR count). The quantitative estimate of drug-likeness (QED) is 0.498. The van der Waals surface area contributed by atoms with Gasteiger partial charge in [0.05, 0.1) is 17.3 Å². The first-order chi connectivity index (χ1) is 14.0. The molecule has 0 aliphatic carbocycles. The molecule has 0 atom stereocenters. The molecule has 0 radical (unpaired) electrons. The largest absolute Gasteiger partial charge is 0.329 e. The van der Waals surface area contributed by atoms with E-state index in [9.17, 15) is 9.59 Å². The number of aryl methyl sites for hydroxylation is 1. The zero-order valence-corrected chi connectivity index (χ0v) is 16.9. The first-order valence-corrected chi connectivity index (χ1v) is 9.66. The Morgan fingerprint density at radius 1 is 1.00 bits per heavy atom. The van der Waals surface area contributed by atoms with Crippen LogP contribution in [0.25, 0.3) is 11.8 Å². The summed E-state index contributed by atoms with van der Waals surface area (Å²) in [7, 11) is 0. The van der Waals surface area contributed by atoms with Crippen LogP contribution in [-0.4, -0.2) is 21.4 Å². The number of urea groups is 1. The summed E-state index contributed by atoms with van der Waals surface area (Å²) in [5.41, 5.74) is 4.82. The maximum Gasteiger partial charge on any atom is 0.329 e. The summed E-state index contributed by atoms with van der Waals surface area (Å²) >= 11 is 6.37. The maximum atomic E-state index is 12.8. The Bertz CT molecular complexity index is 1130. The van der Waals surface area contributed by atoms with Gasteiger partial charge in [0.25, 0.3) is 5.91 Å². The van der Waals surface area contributed by atoms with Crippen molar-refractivity contribution in [2.75, 3.05) is 0 Å². The van der Waals surface area contributed by atoms with Crippen molar-refractivity contribution in [2.45, 2.75) is 20.4 Å². The van der Waals surface area contributed by atoms with E-state index < -0.39 is 6.03 Å². The summed E-state index contributed by atoms with van der Waals surface area (Å²) in [4.78, 5) is 26.4. The van der Waals surface area contributed by atoms with Gasteiger partial charge >= 0.3 is 6.03 Å². The smallest absolute Gasteiger partial charge is 0.316 e. The van der Waals surface area contributed by atoms with Crippen LogP contribution in [0.15, 0.2) is 66.4 Å². The Hall–Kier alpha value is -3.31. The van der Waals surface area contributed by atoms with Crippen molar-refractivity contribution in [3.05, 3.63) is 93.9 Å². The lowest BCUT2D eigenvalue weighted by atomic mass is 10.2. The Morgan fingerprint density at radius 3 is 2.41 bits per heavy atom. The number of amides is 3. The molecule has 2 heterocycles. The fourth-order valence-electron chi connectivity index (χ4n) is 3.57. The van der Waals surface area contributed by atoms with Gasteiger partial charge in [-0.2, -0.15) is 0 Å². The highest BCUT2D eigenvalue weighted by Gasteiger charge is 2.33. The van der Waals surface area contributed by atoms with Crippen LogP contribution in [0.1, 0.15) is 22.5 Å². The van der Waals surface area contributed by atoms with Gasteiger partial charge in [0.15, 0.2) is 0 Å². The average Bonchev–Trinajstić information content (AvgIpc) is 3.13. The van der Waals surface area contributed by atoms with Crippen molar-refractivity contribution < 1.29 is 9.59 Å². The second-order valence-corrected chi connectivity index (χ2v) is 7.39. The molecule has 1 fully saturated rings. The van der Waals surface area contributed by atoms with Crippen molar-refractivity contribution in [1.82, 2.24) is 14.8 Å². The van der Waals surface area contributed by atoms with Crippen LogP contribution in [0.5, 0.6) is 0 Å². The summed E-state index contributed by atoms with van der Waals surface area (Å²) < 4.78 is 2.04. The molecule has 146 valence electrons. The number of rotatable bonds is 4. The average molecular weight is 406 g/mol. The van der Waals surface area contributed by atoms with Crippen LogP contribution in [-0.2, 0) is 11.3 Å². The highest BCUT2D eigenvalue weighted by Crippen LogP contribution is 2.28. The lowest BCUT2D eigenvalue weighted by Crippen LogP contribution is -2.30. The molecule has 6 heteroatoms. The van der Waals surface area contributed by atoms with Gasteiger partial charge in [0.2, 0.25) is 0 Å². The van der Waals surface area contributed by atoms with Gasteiger partial charge in [-0.3, -0.25) is 9.69 Å². The summed E-state index contributed by atoms with van der Waals surface area (Å²) in [6.45, 7) is 4.18. The third-order valence-electron chi connectivity index (χ3n) is 5.01. The number of imide groups is 1. The van der Waals surface area contributed by atoms with Crippen molar-refractivity contribution in [3.63, 3.8) is 0 Å². The van der Waals surface area contributed by atoms with Crippen LogP contribution >= 0.6 is 11.6 Å². The van der Waals surface area contributed by atoms with E-state index in [1.807, 2.05) is 79.1 Å². The predicted octanol–water partition coefficient (Wildman–Crippen LogP) is 4.84. The number of halogens is 1. The Labute approximate surface area is 174 Å². The van der Waals surface area contributed by atoms with Crippen LogP contribution < -0.4 is 5.32 Å². The molecule has 1 saturated heterocycles. The lowest BCUT2D eigenvalue weighted by Gasteiger charge is -2.11. The van der Waals surface area contributed by atoms with Crippen molar-refractivity contribution in [1.29, 1.82) is 0 Å². The summed E-state index contributed by atoms with van der Waals surface area (Å²) in [5, 5.41) is 3.34. The molecular weight excluding hydrogens is 386 g/mol. The number of hydrogen-bond acceptors (Lipinski definition) is 2. The predicted molar refractivity (Wildman–Crippen MR) is 114 cm³/mol. The van der Waals surface area contributed by atoms with Crippen LogP contribution in [0.2, 0.25) is 5.02 Å². The first-order valence-electron chi connectivity index (χ1n) is 9.28. The summed E-state index contributed by atoms with van der Waals surface area (Å²) in [6.07, 6.45) is 1.72. The summed E-state index contributed by atoms with van der Waals surface area (Å²) in [5.74, 6) is -0.332. The van der Waals surface area contributed by atoms with E-state index in [0.717, 1.165) is 28.2 Å². The van der Waals surface area contributed by atoms with E-state index in [1.54, 1.807) is 6.08 Å². The zero-order valence-electron chi connectivity index (χ0n) is 16.1. The standard InChI is InChI=1S/C23H20ClN3O2/c1-15-12-18(16(2)27(15)21-11-7-6-10-19(21)24)13-20-22(28)26(23(29)25-20)14-17-8-4-3-5-9-17/h3-13H,14H2,1-2H3,(H,25,29). The second kappa shape index (κ2) is 7.60. The van der Waals surface area contributed by atoms with E-state index in [4.69, 9.17) is 11.6 Å². The van der Waals surface area contributed by atoms with Gasteiger partial charge in [-0.1, -0.05) is 54.1 Å². The molecule has 1 N–H and O–H groups in total. The molecule has 1 aromatic heterocycles. The van der Waals surface area contributed by atoms with Crippen molar-refractivity contribution in [3.8, 4) is 5.69 Å². The number of carbonyl (C=O) groups excluding carboxylic acids is 2. The molecule has 1 aliphatic rings. The fourth-order valence-corrected chi connectivity index (χ4v) is 3.79. The van der Waals surface area contributed by atoms with E-state index in [2.05, 4.69) is 5.32 Å². The highest BCUT2D eigenvalue weighted by atomic mass is 35.5. The number of nitrogens with zero attached hydrogens (tertiary/aromatic N) is 2. The van der Waals surface area contributed by atoms with Crippen LogP contribution in [0.4, 0.5) is 4.79 Å². The third-order valence-corrected chi connectivity index (χ3v) is 5.33. The minimum Gasteiger partial charge on any atom is -0.316 e. The molecular formula is C23H20ClN3O2. The Morgan fingerprint density at radius 2 is 1.69 bits per heavy atom. The third kappa shape index (κ3) is 3.57. The Kier molecular flexibility index (Phi) is 4.99. The summed E-state index contributed by atoms with van der Waals surface area (Å²) in [6, 6.07) is 18.6. The number of carbonyl (C=O) groups is 2. The monoisotopic (exact) mass is 405 g/mol. The number of para-hydroxylation sites is 1. The van der Waals surface area contributed by atoms with Crippen molar-refractivity contribution in [2.24, 2.45) is 0 Å². The Balaban J connectivity index is 1.65. The van der Waals surface area contributed by atoms with E-state index in [0.29, 0.717) is 5.02 Å². The molecule has 3 aromatic rings. The molecule has 29 heavy (non-hydrogen) atoms. The van der Waals surface area contributed by atoms with Crippen molar-refractivity contribution >= 4 is 29.6 Å². The minimum absolute atomic E-state index is 0.238. The van der Waals surface area contributed by atoms with Gasteiger partial charge in [-0.05, 0) is 49.2 Å². The van der Waals surface area contributed by atoms with Crippen LogP contribution in [0.3, 0.4) is 0 Å². The number of nitrogens with one attached hydrogen (secondary N) is 1. The van der Waals surface area contributed by atoms with Gasteiger partial charge in [-0.15, -0.1) is 0 Å². The number of aromatic nitrogens is 1. The topological polar surface area (TPSA) is 54.3 Å². The number of benzene rings is 2. The van der Waals surface area contributed by atoms with Gasteiger partial charge in [0, 0.05) is 11.4 Å². The molecule has 5 nitrogen and oxygen atoms in total. The van der Waals surface area contributed by atoms with Crippen LogP contribution in [0, 0.1) is 13.8 Å². The maximum absolute atomic E-state index is 12.8. The van der Waals surface area contributed by atoms with Gasteiger partial charge < -0.3 is 9.88 Å².